The quantitative estimate of drug-likeness (QED) is 0.427. The van der Waals surface area contributed by atoms with Crippen LogP contribution in [0.2, 0.25) is 0 Å². The minimum Gasteiger partial charge on any atom is -0.493 e. The van der Waals surface area contributed by atoms with Crippen molar-refractivity contribution in [3.8, 4) is 22.9 Å². The number of benzene rings is 2. The summed E-state index contributed by atoms with van der Waals surface area (Å²) < 4.78 is 18.0. The second-order valence-electron chi connectivity index (χ2n) is 7.88. The Kier molecular flexibility index (Phi) is 6.67. The Morgan fingerprint density at radius 1 is 0.971 bits per heavy atom. The highest BCUT2D eigenvalue weighted by Gasteiger charge is 2.20. The maximum absolute atomic E-state index is 13.2. The number of rotatable bonds is 8. The van der Waals surface area contributed by atoms with Gasteiger partial charge in [-0.25, -0.2) is 9.67 Å². The zero-order valence-electron chi connectivity index (χ0n) is 20.0. The van der Waals surface area contributed by atoms with Crippen LogP contribution in [-0.2, 0) is 6.42 Å². The van der Waals surface area contributed by atoms with E-state index in [0.29, 0.717) is 41.4 Å². The summed E-state index contributed by atoms with van der Waals surface area (Å²) in [5, 5.41) is 8.44. The Labute approximate surface area is 198 Å². The highest BCUT2D eigenvalue weighted by atomic mass is 16.5. The molecular weight excluding hydrogens is 432 g/mol. The third-order valence-corrected chi connectivity index (χ3v) is 5.61. The number of aryl methyl sites for hydroxylation is 2. The lowest BCUT2D eigenvalue weighted by molar-refractivity contribution is 0.0955. The van der Waals surface area contributed by atoms with E-state index < -0.39 is 0 Å². The van der Waals surface area contributed by atoms with Crippen LogP contribution in [0.15, 0.2) is 48.5 Å². The van der Waals surface area contributed by atoms with Crippen LogP contribution >= 0.6 is 0 Å². The Balaban J connectivity index is 1.58. The highest BCUT2D eigenvalue weighted by Crippen LogP contribution is 2.38. The van der Waals surface area contributed by atoms with Crippen LogP contribution in [0.4, 0.5) is 0 Å². The van der Waals surface area contributed by atoms with Crippen LogP contribution in [0.25, 0.3) is 16.7 Å². The normalized spacial score (nSPS) is 10.9. The molecule has 0 unspecified atom stereocenters. The molecular formula is C26H28N4O4. The number of nitrogens with zero attached hydrogens (tertiary/aromatic N) is 3. The minimum atomic E-state index is -0.168. The fourth-order valence-electron chi connectivity index (χ4n) is 4.04. The lowest BCUT2D eigenvalue weighted by Gasteiger charge is -2.14. The van der Waals surface area contributed by atoms with Gasteiger partial charge in [-0.2, -0.15) is 5.10 Å². The van der Waals surface area contributed by atoms with Crippen LogP contribution in [0, 0.1) is 13.8 Å². The Bertz CT molecular complexity index is 1310. The number of amides is 1. The maximum Gasteiger partial charge on any atom is 0.252 e. The zero-order chi connectivity index (χ0) is 24.2. The van der Waals surface area contributed by atoms with Gasteiger partial charge in [0.05, 0.1) is 43.7 Å². The number of ether oxygens (including phenoxy) is 3. The zero-order valence-corrected chi connectivity index (χ0v) is 20.0. The number of pyridine rings is 1. The number of para-hydroxylation sites is 1. The first-order chi connectivity index (χ1) is 16.5. The standard InChI is InChI=1S/C26H28N4O4/c1-16-13-20(23-17(2)29-30(25(23)28-16)19-9-7-6-8-10-19)26(31)27-12-11-18-14-21(32-3)24(34-5)22(15-18)33-4/h6-10,13-15H,11-12H2,1-5H3,(H,27,31). The van der Waals surface area contributed by atoms with Crippen LogP contribution in [-0.4, -0.2) is 48.5 Å². The van der Waals surface area contributed by atoms with Gasteiger partial charge in [0.25, 0.3) is 5.91 Å². The first kappa shape index (κ1) is 23.1. The topological polar surface area (TPSA) is 87.5 Å². The highest BCUT2D eigenvalue weighted by molar-refractivity contribution is 6.06. The van der Waals surface area contributed by atoms with E-state index in [2.05, 4.69) is 15.4 Å². The van der Waals surface area contributed by atoms with Gasteiger partial charge in [-0.1, -0.05) is 18.2 Å². The molecule has 2 heterocycles. The molecule has 0 bridgehead atoms. The summed E-state index contributed by atoms with van der Waals surface area (Å²) in [4.78, 5) is 17.9. The van der Waals surface area contributed by atoms with Gasteiger partial charge < -0.3 is 19.5 Å². The van der Waals surface area contributed by atoms with Crippen molar-refractivity contribution >= 4 is 16.9 Å². The summed E-state index contributed by atoms with van der Waals surface area (Å²) in [5.41, 5.74) is 4.58. The molecule has 4 rings (SSSR count). The summed E-state index contributed by atoms with van der Waals surface area (Å²) in [7, 11) is 4.73. The second kappa shape index (κ2) is 9.82. The molecule has 2 aromatic carbocycles. The third kappa shape index (κ3) is 4.39. The number of methoxy groups -OCH3 is 3. The van der Waals surface area contributed by atoms with E-state index in [9.17, 15) is 4.79 Å². The van der Waals surface area contributed by atoms with E-state index in [4.69, 9.17) is 14.2 Å². The first-order valence-corrected chi connectivity index (χ1v) is 11.0. The van der Waals surface area contributed by atoms with Crippen LogP contribution in [0.5, 0.6) is 17.2 Å². The molecule has 0 fully saturated rings. The maximum atomic E-state index is 13.2. The average Bonchev–Trinajstić information content (AvgIpc) is 3.19. The molecule has 8 heteroatoms. The average molecular weight is 461 g/mol. The molecule has 4 aromatic rings. The smallest absolute Gasteiger partial charge is 0.252 e. The van der Waals surface area contributed by atoms with Crippen molar-refractivity contribution in [2.75, 3.05) is 27.9 Å². The van der Waals surface area contributed by atoms with E-state index in [-0.39, 0.29) is 5.91 Å². The van der Waals surface area contributed by atoms with Gasteiger partial charge >= 0.3 is 0 Å². The number of fused-ring (bicyclic) bond motifs is 1. The molecule has 1 N–H and O–H groups in total. The van der Waals surface area contributed by atoms with Gasteiger partial charge in [0.2, 0.25) is 5.75 Å². The van der Waals surface area contributed by atoms with Crippen LogP contribution in [0.3, 0.4) is 0 Å². The van der Waals surface area contributed by atoms with Gasteiger partial charge in [-0.15, -0.1) is 0 Å². The summed E-state index contributed by atoms with van der Waals surface area (Å²) in [6.45, 7) is 4.21. The second-order valence-corrected chi connectivity index (χ2v) is 7.88. The van der Waals surface area contributed by atoms with Gasteiger partial charge in [-0.3, -0.25) is 4.79 Å². The summed E-state index contributed by atoms with van der Waals surface area (Å²) >= 11 is 0. The van der Waals surface area contributed by atoms with Crippen molar-refractivity contribution in [3.05, 3.63) is 71.0 Å². The predicted molar refractivity (Wildman–Crippen MR) is 130 cm³/mol. The van der Waals surface area contributed by atoms with Crippen LogP contribution < -0.4 is 19.5 Å². The molecule has 0 spiro atoms. The molecule has 0 saturated heterocycles. The van der Waals surface area contributed by atoms with Crippen LogP contribution in [0.1, 0.15) is 27.3 Å². The third-order valence-electron chi connectivity index (χ3n) is 5.61. The van der Waals surface area contributed by atoms with Gasteiger partial charge in [0.1, 0.15) is 0 Å². The van der Waals surface area contributed by atoms with Crippen molar-refractivity contribution in [3.63, 3.8) is 0 Å². The van der Waals surface area contributed by atoms with Gasteiger partial charge in [0, 0.05) is 12.2 Å². The molecule has 0 saturated carbocycles. The van der Waals surface area contributed by atoms with E-state index in [1.807, 2.05) is 56.3 Å². The van der Waals surface area contributed by atoms with Crippen molar-refractivity contribution in [2.45, 2.75) is 20.3 Å². The lowest BCUT2D eigenvalue weighted by atomic mass is 10.1. The summed E-state index contributed by atoms with van der Waals surface area (Å²) in [5.74, 6) is 1.54. The van der Waals surface area contributed by atoms with E-state index in [0.717, 1.165) is 28.0 Å². The molecule has 0 aliphatic heterocycles. The number of nitrogens with one attached hydrogen (secondary N) is 1. The lowest BCUT2D eigenvalue weighted by Crippen LogP contribution is -2.26. The van der Waals surface area contributed by atoms with Crippen molar-refractivity contribution in [2.24, 2.45) is 0 Å². The van der Waals surface area contributed by atoms with Crippen molar-refractivity contribution in [1.82, 2.24) is 20.1 Å². The van der Waals surface area contributed by atoms with E-state index in [1.165, 1.54) is 0 Å². The monoisotopic (exact) mass is 460 g/mol. The Hall–Kier alpha value is -4.07. The molecule has 0 atom stereocenters. The Morgan fingerprint density at radius 3 is 2.26 bits per heavy atom. The number of carbonyl (C=O) groups excluding carboxylic acids is 1. The van der Waals surface area contributed by atoms with E-state index >= 15 is 0 Å². The molecule has 2 aromatic heterocycles. The summed E-state index contributed by atoms with van der Waals surface area (Å²) in [6.07, 6.45) is 0.595. The molecule has 0 aliphatic carbocycles. The van der Waals surface area contributed by atoms with Gasteiger partial charge in [-0.05, 0) is 56.2 Å². The molecule has 0 radical (unpaired) electrons. The fourth-order valence-corrected chi connectivity index (χ4v) is 4.04. The Morgan fingerprint density at radius 2 is 1.65 bits per heavy atom. The van der Waals surface area contributed by atoms with Crippen molar-refractivity contribution < 1.29 is 19.0 Å². The van der Waals surface area contributed by atoms with E-state index in [1.54, 1.807) is 32.1 Å². The molecule has 0 aliphatic rings. The number of hydrogen-bond acceptors (Lipinski definition) is 6. The largest absolute Gasteiger partial charge is 0.493 e. The molecule has 34 heavy (non-hydrogen) atoms. The van der Waals surface area contributed by atoms with Gasteiger partial charge in [0.15, 0.2) is 17.1 Å². The minimum absolute atomic E-state index is 0.168. The summed E-state index contributed by atoms with van der Waals surface area (Å²) in [6, 6.07) is 15.4. The van der Waals surface area contributed by atoms with Crippen molar-refractivity contribution in [1.29, 1.82) is 0 Å². The number of aromatic nitrogens is 3. The fraction of sp³-hybridized carbons (Fsp3) is 0.269. The first-order valence-electron chi connectivity index (χ1n) is 11.0. The number of carbonyl (C=O) groups is 1. The molecule has 176 valence electrons. The SMILES string of the molecule is COc1cc(CCNC(=O)c2cc(C)nc3c2c(C)nn3-c2ccccc2)cc(OC)c1OC. The molecule has 1 amide bonds. The predicted octanol–water partition coefficient (Wildman–Crippen LogP) is 4.04. The number of hydrogen-bond donors (Lipinski definition) is 1. The molecule has 8 nitrogen and oxygen atoms in total.